The lowest BCUT2D eigenvalue weighted by Crippen LogP contribution is -2.20. The van der Waals surface area contributed by atoms with Crippen LogP contribution in [0, 0.1) is 0 Å². The smallest absolute Gasteiger partial charge is 0.387 e. The van der Waals surface area contributed by atoms with Crippen LogP contribution in [-0.2, 0) is 0 Å². The predicted octanol–water partition coefficient (Wildman–Crippen LogP) is 4.11. The van der Waals surface area contributed by atoms with Crippen LogP contribution in [0.5, 0.6) is 17.2 Å². The molecule has 0 radical (unpaired) electrons. The van der Waals surface area contributed by atoms with Gasteiger partial charge in [0, 0.05) is 6.07 Å². The quantitative estimate of drug-likeness (QED) is 0.762. The molecule has 0 saturated carbocycles. The van der Waals surface area contributed by atoms with Gasteiger partial charge < -0.3 is 24.8 Å². The van der Waals surface area contributed by atoms with Gasteiger partial charge in [0.05, 0.1) is 25.6 Å². The largest absolute Gasteiger partial charge is 0.497 e. The first kappa shape index (κ1) is 17.7. The Bertz CT molecular complexity index is 713. The first-order chi connectivity index (χ1) is 11.5. The van der Waals surface area contributed by atoms with E-state index in [1.165, 1.54) is 13.2 Å². The molecule has 0 amide bonds. The average Bonchev–Trinajstić information content (AvgIpc) is 2.56. The molecule has 0 fully saturated rings. The lowest BCUT2D eigenvalue weighted by atomic mass is 10.2. The van der Waals surface area contributed by atoms with Crippen LogP contribution in [0.25, 0.3) is 0 Å². The topological polar surface area (TPSA) is 51.8 Å². The van der Waals surface area contributed by atoms with Gasteiger partial charge in [0.2, 0.25) is 0 Å². The van der Waals surface area contributed by atoms with Crippen LogP contribution in [-0.4, -0.2) is 25.9 Å². The highest BCUT2D eigenvalue weighted by molar-refractivity contribution is 7.80. The molecule has 128 valence electrons. The summed E-state index contributed by atoms with van der Waals surface area (Å²) in [6.45, 7) is -2.92. The Kier molecular flexibility index (Phi) is 6.14. The monoisotopic (exact) mass is 354 g/mol. The van der Waals surface area contributed by atoms with Crippen molar-refractivity contribution in [1.29, 1.82) is 0 Å². The summed E-state index contributed by atoms with van der Waals surface area (Å²) in [7, 11) is 3.07. The Morgan fingerprint density at radius 1 is 0.958 bits per heavy atom. The summed E-state index contributed by atoms with van der Waals surface area (Å²) in [6, 6.07) is 11.4. The summed E-state index contributed by atoms with van der Waals surface area (Å²) in [5.41, 5.74) is 0.922. The minimum Gasteiger partial charge on any atom is -0.497 e. The maximum absolute atomic E-state index is 12.4. The van der Waals surface area contributed by atoms with E-state index in [2.05, 4.69) is 15.4 Å². The third-order valence-corrected chi connectivity index (χ3v) is 3.21. The van der Waals surface area contributed by atoms with Gasteiger partial charge in [0.25, 0.3) is 0 Å². The van der Waals surface area contributed by atoms with Gasteiger partial charge >= 0.3 is 6.61 Å². The molecule has 0 aliphatic rings. The number of para-hydroxylation sites is 2. The Labute approximate surface area is 143 Å². The van der Waals surface area contributed by atoms with Crippen LogP contribution in [0.2, 0.25) is 0 Å². The fraction of sp³-hybridized carbons (Fsp3) is 0.188. The van der Waals surface area contributed by atoms with Crippen LogP contribution in [0.1, 0.15) is 0 Å². The first-order valence-corrected chi connectivity index (χ1v) is 7.28. The van der Waals surface area contributed by atoms with Crippen molar-refractivity contribution < 1.29 is 23.0 Å². The zero-order valence-electron chi connectivity index (χ0n) is 13.0. The highest BCUT2D eigenvalue weighted by Gasteiger charge is 2.11. The number of anilines is 2. The lowest BCUT2D eigenvalue weighted by molar-refractivity contribution is -0.0493. The molecular formula is C16H16F2N2O3S. The minimum absolute atomic E-state index is 0.00153. The van der Waals surface area contributed by atoms with Crippen LogP contribution in [0.4, 0.5) is 20.2 Å². The molecule has 0 atom stereocenters. The van der Waals surface area contributed by atoms with Crippen molar-refractivity contribution in [3.05, 3.63) is 42.5 Å². The van der Waals surface area contributed by atoms with Crippen LogP contribution >= 0.6 is 12.2 Å². The number of nitrogens with one attached hydrogen (secondary N) is 2. The van der Waals surface area contributed by atoms with Gasteiger partial charge in [-0.05, 0) is 36.5 Å². The summed E-state index contributed by atoms with van der Waals surface area (Å²) in [4.78, 5) is 0. The van der Waals surface area contributed by atoms with Crippen LogP contribution in [0.3, 0.4) is 0 Å². The van der Waals surface area contributed by atoms with Gasteiger partial charge in [-0.2, -0.15) is 8.78 Å². The standard InChI is InChI=1S/C16H16F2N2O3S/c1-21-10-7-8-12(14(9-10)22-2)20-16(24)19-11-5-3-4-6-13(11)23-15(17)18/h3-9,15H,1-2H3,(H2,19,20,24). The number of rotatable bonds is 6. The van der Waals surface area contributed by atoms with Gasteiger partial charge in [-0.25, -0.2) is 0 Å². The number of thiocarbonyl (C=S) groups is 1. The second kappa shape index (κ2) is 8.30. The first-order valence-electron chi connectivity index (χ1n) is 6.87. The minimum atomic E-state index is -2.92. The van der Waals surface area contributed by atoms with Crippen LogP contribution < -0.4 is 24.8 Å². The van der Waals surface area contributed by atoms with Crippen molar-refractivity contribution in [2.24, 2.45) is 0 Å². The molecule has 0 aliphatic carbocycles. The summed E-state index contributed by atoms with van der Waals surface area (Å²) in [6.07, 6.45) is 0. The molecule has 0 unspecified atom stereocenters. The van der Waals surface area contributed by atoms with Crippen molar-refractivity contribution in [2.45, 2.75) is 6.61 Å². The average molecular weight is 354 g/mol. The molecule has 8 heteroatoms. The number of hydrogen-bond donors (Lipinski definition) is 2. The van der Waals surface area contributed by atoms with E-state index in [0.29, 0.717) is 22.9 Å². The van der Waals surface area contributed by atoms with Gasteiger partial charge in [0.1, 0.15) is 17.2 Å². The number of hydrogen-bond acceptors (Lipinski definition) is 4. The molecule has 2 N–H and O–H groups in total. The zero-order valence-corrected chi connectivity index (χ0v) is 13.8. The van der Waals surface area contributed by atoms with Gasteiger partial charge in [-0.3, -0.25) is 0 Å². The number of alkyl halides is 2. The molecule has 0 aromatic heterocycles. The Morgan fingerprint density at radius 2 is 1.62 bits per heavy atom. The van der Waals surface area contributed by atoms with Crippen molar-refractivity contribution in [1.82, 2.24) is 0 Å². The van der Waals surface area contributed by atoms with Crippen molar-refractivity contribution in [3.63, 3.8) is 0 Å². The van der Waals surface area contributed by atoms with Crippen LogP contribution in [0.15, 0.2) is 42.5 Å². The maximum atomic E-state index is 12.4. The number of methoxy groups -OCH3 is 2. The third-order valence-electron chi connectivity index (χ3n) is 3.01. The van der Waals surface area contributed by atoms with E-state index in [9.17, 15) is 8.78 Å². The normalized spacial score (nSPS) is 10.2. The SMILES string of the molecule is COc1ccc(NC(=S)Nc2ccccc2OC(F)F)c(OC)c1. The van der Waals surface area contributed by atoms with E-state index in [1.54, 1.807) is 43.5 Å². The predicted molar refractivity (Wildman–Crippen MR) is 92.5 cm³/mol. The summed E-state index contributed by atoms with van der Waals surface area (Å²) < 4.78 is 39.7. The van der Waals surface area contributed by atoms with E-state index >= 15 is 0 Å². The van der Waals surface area contributed by atoms with E-state index in [-0.39, 0.29) is 10.9 Å². The fourth-order valence-electron chi connectivity index (χ4n) is 1.95. The third kappa shape index (κ3) is 4.69. The van der Waals surface area contributed by atoms with E-state index in [4.69, 9.17) is 21.7 Å². The zero-order chi connectivity index (χ0) is 17.5. The van der Waals surface area contributed by atoms with Crippen molar-refractivity contribution >= 4 is 28.7 Å². The Hall–Kier alpha value is -2.61. The molecule has 0 heterocycles. The van der Waals surface area contributed by atoms with Gasteiger partial charge in [0.15, 0.2) is 5.11 Å². The number of ether oxygens (including phenoxy) is 3. The molecule has 2 aromatic rings. The molecule has 2 aromatic carbocycles. The molecule has 2 rings (SSSR count). The lowest BCUT2D eigenvalue weighted by Gasteiger charge is -2.16. The van der Waals surface area contributed by atoms with Gasteiger partial charge in [-0.15, -0.1) is 0 Å². The fourth-order valence-corrected chi connectivity index (χ4v) is 2.17. The molecule has 0 spiro atoms. The summed E-state index contributed by atoms with van der Waals surface area (Å²) >= 11 is 5.21. The molecule has 0 saturated heterocycles. The molecule has 0 aliphatic heterocycles. The molecular weight excluding hydrogens is 338 g/mol. The van der Waals surface area contributed by atoms with E-state index in [1.807, 2.05) is 0 Å². The maximum Gasteiger partial charge on any atom is 0.387 e. The molecule has 0 bridgehead atoms. The second-order valence-corrected chi connectivity index (χ2v) is 4.93. The van der Waals surface area contributed by atoms with E-state index in [0.717, 1.165) is 0 Å². The number of benzene rings is 2. The Balaban J connectivity index is 2.12. The molecule has 5 nitrogen and oxygen atoms in total. The van der Waals surface area contributed by atoms with Crippen molar-refractivity contribution in [2.75, 3.05) is 24.9 Å². The Morgan fingerprint density at radius 3 is 2.25 bits per heavy atom. The summed E-state index contributed by atoms with van der Waals surface area (Å²) in [5.74, 6) is 1.15. The van der Waals surface area contributed by atoms with Gasteiger partial charge in [-0.1, -0.05) is 12.1 Å². The number of halogens is 2. The van der Waals surface area contributed by atoms with E-state index < -0.39 is 6.61 Å². The summed E-state index contributed by atoms with van der Waals surface area (Å²) in [5, 5.41) is 5.96. The highest BCUT2D eigenvalue weighted by Crippen LogP contribution is 2.30. The second-order valence-electron chi connectivity index (χ2n) is 4.52. The van der Waals surface area contributed by atoms with Crippen molar-refractivity contribution in [3.8, 4) is 17.2 Å². The molecule has 24 heavy (non-hydrogen) atoms. The highest BCUT2D eigenvalue weighted by atomic mass is 32.1.